The Labute approximate surface area is 354 Å². The van der Waals surface area contributed by atoms with Gasteiger partial charge in [-0.05, 0) is 77.3 Å². The number of nitrogens with one attached hydrogen (secondary N) is 4. The topological polar surface area (TPSA) is 171 Å². The molecule has 61 heavy (non-hydrogen) atoms. The van der Waals surface area contributed by atoms with E-state index in [9.17, 15) is 19.2 Å². The number of hydrogen-bond donors (Lipinski definition) is 4. The molecule has 2 aromatic heterocycles. The Balaban J connectivity index is 0.974. The van der Waals surface area contributed by atoms with Crippen LogP contribution in [0.4, 0.5) is 9.59 Å². The number of nitrogens with zero attached hydrogens (tertiary/aromatic N) is 3. The fourth-order valence-corrected chi connectivity index (χ4v) is 8.91. The lowest BCUT2D eigenvalue weighted by Gasteiger charge is -2.32. The molecule has 13 heteroatoms. The average Bonchev–Trinajstić information content (AvgIpc) is 3.97. The second kappa shape index (κ2) is 18.2. The summed E-state index contributed by atoms with van der Waals surface area (Å²) in [7, 11) is 2.57. The number of ether oxygens (including phenoxy) is 2. The second-order valence-corrected chi connectivity index (χ2v) is 15.9. The molecule has 4 N–H and O–H groups in total. The number of benzene rings is 4. The van der Waals surface area contributed by atoms with Crippen LogP contribution in [0, 0.1) is 5.92 Å². The Hall–Kier alpha value is -6.76. The average molecular weight is 822 g/mol. The zero-order valence-corrected chi connectivity index (χ0v) is 34.8. The highest BCUT2D eigenvalue weighted by molar-refractivity contribution is 5.92. The Bertz CT molecular complexity index is 2560. The first-order valence-corrected chi connectivity index (χ1v) is 21.1. The van der Waals surface area contributed by atoms with Gasteiger partial charge in [-0.3, -0.25) is 9.59 Å². The van der Waals surface area contributed by atoms with Crippen molar-refractivity contribution in [2.45, 2.75) is 70.4 Å². The van der Waals surface area contributed by atoms with E-state index in [1.54, 1.807) is 4.90 Å². The minimum atomic E-state index is -0.810. The molecule has 3 atom stereocenters. The summed E-state index contributed by atoms with van der Waals surface area (Å²) >= 11 is 0. The van der Waals surface area contributed by atoms with Gasteiger partial charge in [0.15, 0.2) is 5.78 Å². The number of fused-ring (bicyclic) bond motifs is 4. The molecule has 2 aliphatic rings. The zero-order chi connectivity index (χ0) is 42.5. The van der Waals surface area contributed by atoms with Gasteiger partial charge in [-0.2, -0.15) is 0 Å². The number of imidazole rings is 2. The van der Waals surface area contributed by atoms with Crippen LogP contribution in [0.1, 0.15) is 79.5 Å². The summed E-state index contributed by atoms with van der Waals surface area (Å²) in [6.07, 6.45) is 6.53. The van der Waals surface area contributed by atoms with Gasteiger partial charge in [0.1, 0.15) is 24.2 Å². The summed E-state index contributed by atoms with van der Waals surface area (Å²) in [5.74, 6) is 0.867. The summed E-state index contributed by atoms with van der Waals surface area (Å²) in [6.45, 7) is 2.74. The first-order chi connectivity index (χ1) is 29.7. The van der Waals surface area contributed by atoms with Crippen LogP contribution in [0.2, 0.25) is 0 Å². The van der Waals surface area contributed by atoms with Gasteiger partial charge in [0.25, 0.3) is 0 Å². The van der Waals surface area contributed by atoms with Gasteiger partial charge in [0.05, 0.1) is 38.3 Å². The number of aromatic amines is 2. The van der Waals surface area contributed by atoms with Crippen LogP contribution in [0.25, 0.3) is 44.4 Å². The SMILES string of the molecule is CCCN(Cc1nc2c([nH]1)CCc1cc(-c3ccc4cc(-c5cnc(C6CCCCC6C(=O)[C@H](NC(=O)OC)c6ccccc6)[nH]5)ccc4c3)ccc1-2)C(=O)CNC(=O)OC. The highest BCUT2D eigenvalue weighted by atomic mass is 16.5. The number of Topliss-reactive ketones (excluding diaryl/α,β-unsaturated/α-hetero) is 1. The summed E-state index contributed by atoms with van der Waals surface area (Å²) in [5.41, 5.74) is 9.19. The summed E-state index contributed by atoms with van der Waals surface area (Å²) in [5, 5.41) is 7.48. The molecule has 0 saturated heterocycles. The molecule has 314 valence electrons. The molecule has 2 heterocycles. The fraction of sp³-hybridized carbons (Fsp3) is 0.333. The van der Waals surface area contributed by atoms with Gasteiger partial charge in [-0.25, -0.2) is 19.6 Å². The monoisotopic (exact) mass is 821 g/mol. The van der Waals surface area contributed by atoms with Crippen molar-refractivity contribution >= 4 is 34.6 Å². The fourth-order valence-electron chi connectivity index (χ4n) is 8.91. The lowest BCUT2D eigenvalue weighted by atomic mass is 9.74. The Kier molecular flexibility index (Phi) is 12.3. The molecule has 2 aliphatic carbocycles. The number of aryl methyl sites for hydroxylation is 2. The third-order valence-corrected chi connectivity index (χ3v) is 12.0. The standard InChI is InChI=1S/C48H51N7O6/c1-4-22-55(42(56)27-50-47(58)60-2)28-41-51-39-21-19-34-24-33(18-20-36(34)44(39)53-41)30-14-15-32-25-35(17-16-31(32)23-30)40-26-49-46(52-40)38-13-9-8-12-37(38)45(57)43(54-48(59)61-3)29-10-6-5-7-11-29/h5-7,10-11,14-18,20,23-26,37-38,43H,4,8-9,12-13,19,21-22,27-28H2,1-3H3,(H,49,52)(H,50,58)(H,51,53)(H,54,59)/t37?,38?,43-/m1/s1. The van der Waals surface area contributed by atoms with Crippen molar-refractivity contribution < 1.29 is 28.7 Å². The molecule has 1 saturated carbocycles. The molecule has 1 fully saturated rings. The normalized spacial score (nSPS) is 16.2. The first-order valence-electron chi connectivity index (χ1n) is 21.1. The van der Waals surface area contributed by atoms with Crippen molar-refractivity contribution in [2.24, 2.45) is 5.92 Å². The first kappa shape index (κ1) is 41.0. The molecule has 0 bridgehead atoms. The number of aromatic nitrogens is 4. The Morgan fingerprint density at radius 1 is 0.836 bits per heavy atom. The molecule has 4 aromatic carbocycles. The molecule has 0 radical (unpaired) electrons. The smallest absolute Gasteiger partial charge is 0.407 e. The highest BCUT2D eigenvalue weighted by Crippen LogP contribution is 2.41. The number of carbonyl (C=O) groups excluding carboxylic acids is 4. The van der Waals surface area contributed by atoms with E-state index in [-0.39, 0.29) is 30.1 Å². The van der Waals surface area contributed by atoms with Crippen molar-refractivity contribution in [3.8, 4) is 33.6 Å². The van der Waals surface area contributed by atoms with Gasteiger partial charge in [0, 0.05) is 35.2 Å². The molecule has 0 spiro atoms. The van der Waals surface area contributed by atoms with Crippen molar-refractivity contribution in [2.75, 3.05) is 27.3 Å². The molecule has 6 aromatic rings. The maximum absolute atomic E-state index is 14.2. The van der Waals surface area contributed by atoms with Crippen LogP contribution in [-0.4, -0.2) is 76.0 Å². The van der Waals surface area contributed by atoms with Crippen LogP contribution < -0.4 is 10.6 Å². The molecular formula is C48H51N7O6. The third kappa shape index (κ3) is 8.91. The van der Waals surface area contributed by atoms with Crippen molar-refractivity contribution in [1.29, 1.82) is 0 Å². The van der Waals surface area contributed by atoms with Gasteiger partial charge in [0.2, 0.25) is 5.91 Å². The molecule has 2 unspecified atom stereocenters. The largest absolute Gasteiger partial charge is 0.453 e. The summed E-state index contributed by atoms with van der Waals surface area (Å²) in [6, 6.07) is 28.0. The number of methoxy groups -OCH3 is 2. The van der Waals surface area contributed by atoms with E-state index in [1.807, 2.05) is 43.5 Å². The second-order valence-electron chi connectivity index (χ2n) is 15.9. The van der Waals surface area contributed by atoms with Crippen LogP contribution in [0.5, 0.6) is 0 Å². The number of hydrogen-bond acceptors (Lipinski definition) is 8. The predicted molar refractivity (Wildman–Crippen MR) is 233 cm³/mol. The maximum Gasteiger partial charge on any atom is 0.407 e. The van der Waals surface area contributed by atoms with E-state index in [1.165, 1.54) is 19.8 Å². The van der Waals surface area contributed by atoms with E-state index in [4.69, 9.17) is 14.7 Å². The minimum Gasteiger partial charge on any atom is -0.453 e. The van der Waals surface area contributed by atoms with Crippen molar-refractivity contribution in [1.82, 2.24) is 35.5 Å². The van der Waals surface area contributed by atoms with E-state index in [2.05, 4.69) is 79.9 Å². The van der Waals surface area contributed by atoms with Gasteiger partial charge < -0.3 is 35.0 Å². The maximum atomic E-state index is 14.2. The molecule has 3 amide bonds. The molecule has 8 rings (SSSR count). The lowest BCUT2D eigenvalue weighted by molar-refractivity contribution is -0.131. The van der Waals surface area contributed by atoms with Crippen LogP contribution in [-0.2, 0) is 38.4 Å². The van der Waals surface area contributed by atoms with Crippen molar-refractivity contribution in [3.63, 3.8) is 0 Å². The Morgan fingerprint density at radius 2 is 1.56 bits per heavy atom. The number of ketones is 1. The van der Waals surface area contributed by atoms with E-state index in [0.29, 0.717) is 13.1 Å². The quantitative estimate of drug-likeness (QED) is 0.0900. The van der Waals surface area contributed by atoms with E-state index < -0.39 is 18.2 Å². The third-order valence-electron chi connectivity index (χ3n) is 12.0. The number of carbonyl (C=O) groups is 4. The zero-order valence-electron chi connectivity index (χ0n) is 34.8. The number of H-pyrrole nitrogens is 2. The summed E-state index contributed by atoms with van der Waals surface area (Å²) < 4.78 is 9.49. The van der Waals surface area contributed by atoms with E-state index in [0.717, 1.165) is 112 Å². The number of amides is 3. The highest BCUT2D eigenvalue weighted by Gasteiger charge is 2.38. The van der Waals surface area contributed by atoms with E-state index >= 15 is 0 Å². The molecular weight excluding hydrogens is 771 g/mol. The van der Waals surface area contributed by atoms with Crippen molar-refractivity contribution in [3.05, 3.63) is 120 Å². The van der Waals surface area contributed by atoms with Gasteiger partial charge in [-0.15, -0.1) is 0 Å². The predicted octanol–water partition coefficient (Wildman–Crippen LogP) is 8.42. The lowest BCUT2D eigenvalue weighted by Crippen LogP contribution is -2.40. The number of alkyl carbamates (subject to hydrolysis) is 2. The number of rotatable bonds is 13. The van der Waals surface area contributed by atoms with Crippen LogP contribution >= 0.6 is 0 Å². The minimum absolute atomic E-state index is 0.0350. The summed E-state index contributed by atoms with van der Waals surface area (Å²) in [4.78, 5) is 69.4. The molecule has 0 aliphatic heterocycles. The van der Waals surface area contributed by atoms with Gasteiger partial charge in [-0.1, -0.05) is 92.6 Å². The van der Waals surface area contributed by atoms with Crippen LogP contribution in [0.3, 0.4) is 0 Å². The van der Waals surface area contributed by atoms with Crippen LogP contribution in [0.15, 0.2) is 91.1 Å². The molecule has 13 nitrogen and oxygen atoms in total. The van der Waals surface area contributed by atoms with Gasteiger partial charge >= 0.3 is 12.2 Å². The Morgan fingerprint density at radius 3 is 2.33 bits per heavy atom.